The van der Waals surface area contributed by atoms with E-state index in [0.717, 1.165) is 0 Å². The van der Waals surface area contributed by atoms with Crippen molar-refractivity contribution in [2.45, 2.75) is 0 Å². The van der Waals surface area contributed by atoms with E-state index < -0.39 is 24.0 Å². The Kier molecular flexibility index (Phi) is 8.80. The van der Waals surface area contributed by atoms with E-state index in [1.165, 1.54) is 24.3 Å². The van der Waals surface area contributed by atoms with Gasteiger partial charge in [-0.25, -0.2) is 9.59 Å². The number of nitrogens with two attached hydrogens (primary N) is 2. The standard InChI is InChI=1S/C20H23N5O6/c21-17(26)13-3-1-5-15(11-13)24-19(28)30-9-7-23-8-10-31-20(29)25-16-6-2-4-14(12-16)18(22)27/h1-6,11-12,23H,7-10H2,(H2,21,26)(H2,22,27)(H,24,28)(H,25,29). The van der Waals surface area contributed by atoms with Crippen molar-refractivity contribution < 1.29 is 28.7 Å². The van der Waals surface area contributed by atoms with Gasteiger partial charge >= 0.3 is 12.2 Å². The number of rotatable bonds is 10. The molecule has 7 N–H and O–H groups in total. The zero-order valence-corrected chi connectivity index (χ0v) is 16.6. The maximum absolute atomic E-state index is 11.7. The fourth-order valence-corrected chi connectivity index (χ4v) is 2.37. The van der Waals surface area contributed by atoms with E-state index in [1.807, 2.05) is 0 Å². The van der Waals surface area contributed by atoms with Gasteiger partial charge in [0, 0.05) is 35.6 Å². The zero-order chi connectivity index (χ0) is 22.6. The molecule has 0 unspecified atom stereocenters. The van der Waals surface area contributed by atoms with E-state index >= 15 is 0 Å². The van der Waals surface area contributed by atoms with Gasteiger partial charge in [0.15, 0.2) is 0 Å². The lowest BCUT2D eigenvalue weighted by atomic mass is 10.2. The van der Waals surface area contributed by atoms with Crippen molar-refractivity contribution in [1.82, 2.24) is 5.32 Å². The monoisotopic (exact) mass is 429 g/mol. The van der Waals surface area contributed by atoms with Crippen molar-refractivity contribution in [3.8, 4) is 0 Å². The first kappa shape index (κ1) is 23.2. The third kappa shape index (κ3) is 8.41. The van der Waals surface area contributed by atoms with Crippen LogP contribution >= 0.6 is 0 Å². The molecule has 0 atom stereocenters. The van der Waals surface area contributed by atoms with Crippen LogP contribution in [0.15, 0.2) is 48.5 Å². The molecule has 2 aromatic carbocycles. The first-order valence-corrected chi connectivity index (χ1v) is 9.23. The zero-order valence-electron chi connectivity index (χ0n) is 16.6. The molecule has 0 aliphatic rings. The Hall–Kier alpha value is -4.12. The largest absolute Gasteiger partial charge is 0.448 e. The first-order chi connectivity index (χ1) is 14.8. The number of hydrogen-bond donors (Lipinski definition) is 5. The number of primary amides is 2. The predicted octanol–water partition coefficient (Wildman–Crippen LogP) is 1.27. The van der Waals surface area contributed by atoms with Crippen molar-refractivity contribution in [1.29, 1.82) is 0 Å². The van der Waals surface area contributed by atoms with E-state index in [0.29, 0.717) is 24.5 Å². The molecule has 2 rings (SSSR count). The molecule has 0 saturated carbocycles. The number of nitrogens with one attached hydrogen (secondary N) is 3. The van der Waals surface area contributed by atoms with Gasteiger partial charge in [0.2, 0.25) is 11.8 Å². The van der Waals surface area contributed by atoms with Crippen molar-refractivity contribution in [2.75, 3.05) is 36.9 Å². The van der Waals surface area contributed by atoms with Gasteiger partial charge in [-0.1, -0.05) is 12.1 Å². The van der Waals surface area contributed by atoms with E-state index in [2.05, 4.69) is 16.0 Å². The minimum absolute atomic E-state index is 0.0768. The molecule has 11 nitrogen and oxygen atoms in total. The molecule has 11 heteroatoms. The van der Waals surface area contributed by atoms with Crippen LogP contribution in [0, 0.1) is 0 Å². The molecule has 0 bridgehead atoms. The summed E-state index contributed by atoms with van der Waals surface area (Å²) in [6, 6.07) is 12.3. The highest BCUT2D eigenvalue weighted by atomic mass is 16.6. The lowest BCUT2D eigenvalue weighted by Gasteiger charge is -2.10. The number of benzene rings is 2. The molecule has 0 aromatic heterocycles. The SMILES string of the molecule is NC(=O)c1cccc(NC(=O)OCCNCCOC(=O)Nc2cccc(C(N)=O)c2)c1. The third-order valence-corrected chi connectivity index (χ3v) is 3.81. The van der Waals surface area contributed by atoms with Crippen molar-refractivity contribution >= 4 is 35.4 Å². The molecule has 4 amide bonds. The number of amides is 4. The second-order valence-electron chi connectivity index (χ2n) is 6.16. The molecule has 0 saturated heterocycles. The summed E-state index contributed by atoms with van der Waals surface area (Å²) in [5, 5.41) is 7.91. The molecule has 31 heavy (non-hydrogen) atoms. The van der Waals surface area contributed by atoms with E-state index in [4.69, 9.17) is 20.9 Å². The second-order valence-corrected chi connectivity index (χ2v) is 6.16. The molecule has 0 aliphatic heterocycles. The highest BCUT2D eigenvalue weighted by Crippen LogP contribution is 2.11. The third-order valence-electron chi connectivity index (χ3n) is 3.81. The summed E-state index contributed by atoms with van der Waals surface area (Å²) in [5.74, 6) is -1.20. The normalized spacial score (nSPS) is 10.1. The summed E-state index contributed by atoms with van der Waals surface area (Å²) >= 11 is 0. The molecule has 2 aromatic rings. The summed E-state index contributed by atoms with van der Waals surface area (Å²) < 4.78 is 9.99. The second kappa shape index (κ2) is 11.8. The minimum Gasteiger partial charge on any atom is -0.448 e. The Morgan fingerprint density at radius 1 is 0.710 bits per heavy atom. The maximum Gasteiger partial charge on any atom is 0.411 e. The predicted molar refractivity (Wildman–Crippen MR) is 113 cm³/mol. The van der Waals surface area contributed by atoms with Gasteiger partial charge in [0.25, 0.3) is 0 Å². The number of carbonyl (C=O) groups excluding carboxylic acids is 4. The quantitative estimate of drug-likeness (QED) is 0.353. The van der Waals surface area contributed by atoms with Gasteiger partial charge in [-0.2, -0.15) is 0 Å². The highest BCUT2D eigenvalue weighted by molar-refractivity contribution is 5.95. The number of hydrogen-bond acceptors (Lipinski definition) is 7. The van der Waals surface area contributed by atoms with Crippen molar-refractivity contribution in [2.24, 2.45) is 11.5 Å². The molecule has 0 radical (unpaired) electrons. The number of ether oxygens (including phenoxy) is 2. The van der Waals surface area contributed by atoms with Gasteiger partial charge in [-0.15, -0.1) is 0 Å². The summed E-state index contributed by atoms with van der Waals surface area (Å²) in [6.07, 6.45) is -1.37. The topological polar surface area (TPSA) is 175 Å². The summed E-state index contributed by atoms with van der Waals surface area (Å²) in [4.78, 5) is 45.7. The van der Waals surface area contributed by atoms with Gasteiger partial charge in [-0.3, -0.25) is 20.2 Å². The summed E-state index contributed by atoms with van der Waals surface area (Å²) in [7, 11) is 0. The minimum atomic E-state index is -0.683. The first-order valence-electron chi connectivity index (χ1n) is 9.23. The maximum atomic E-state index is 11.7. The van der Waals surface area contributed by atoms with Crippen molar-refractivity contribution in [3.05, 3.63) is 59.7 Å². The molecule has 164 valence electrons. The van der Waals surface area contributed by atoms with Crippen LogP contribution in [0.3, 0.4) is 0 Å². The molecular weight excluding hydrogens is 406 g/mol. The van der Waals surface area contributed by atoms with Gasteiger partial charge in [0.05, 0.1) is 0 Å². The lowest BCUT2D eigenvalue weighted by Crippen LogP contribution is -2.27. The molecular formula is C20H23N5O6. The van der Waals surface area contributed by atoms with E-state index in [-0.39, 0.29) is 24.3 Å². The van der Waals surface area contributed by atoms with Crippen LogP contribution in [0.4, 0.5) is 21.0 Å². The Morgan fingerprint density at radius 2 is 1.13 bits per heavy atom. The van der Waals surface area contributed by atoms with Gasteiger partial charge in [-0.05, 0) is 36.4 Å². The Bertz CT molecular complexity index is 874. The average Bonchev–Trinajstić information content (AvgIpc) is 2.73. The highest BCUT2D eigenvalue weighted by Gasteiger charge is 2.07. The van der Waals surface area contributed by atoms with Crippen LogP contribution < -0.4 is 27.4 Å². The molecule has 0 aliphatic carbocycles. The van der Waals surface area contributed by atoms with E-state index in [1.54, 1.807) is 24.3 Å². The van der Waals surface area contributed by atoms with Gasteiger partial charge < -0.3 is 26.3 Å². The molecule has 0 fully saturated rings. The number of anilines is 2. The fraction of sp³-hybridized carbons (Fsp3) is 0.200. The Balaban J connectivity index is 1.57. The van der Waals surface area contributed by atoms with Crippen LogP contribution in [-0.4, -0.2) is 50.3 Å². The summed E-state index contributed by atoms with van der Waals surface area (Å²) in [6.45, 7) is 0.821. The van der Waals surface area contributed by atoms with E-state index in [9.17, 15) is 19.2 Å². The van der Waals surface area contributed by atoms with Crippen LogP contribution in [0.1, 0.15) is 20.7 Å². The van der Waals surface area contributed by atoms with Gasteiger partial charge in [0.1, 0.15) is 13.2 Å². The van der Waals surface area contributed by atoms with Crippen molar-refractivity contribution in [3.63, 3.8) is 0 Å². The smallest absolute Gasteiger partial charge is 0.411 e. The molecule has 0 spiro atoms. The van der Waals surface area contributed by atoms with Crippen LogP contribution in [0.2, 0.25) is 0 Å². The Morgan fingerprint density at radius 3 is 1.52 bits per heavy atom. The molecule has 0 heterocycles. The van der Waals surface area contributed by atoms with Crippen LogP contribution in [-0.2, 0) is 9.47 Å². The van der Waals surface area contributed by atoms with Crippen LogP contribution in [0.5, 0.6) is 0 Å². The Labute approximate surface area is 178 Å². The fourth-order valence-electron chi connectivity index (χ4n) is 2.37. The van der Waals surface area contributed by atoms with Crippen LogP contribution in [0.25, 0.3) is 0 Å². The number of carbonyl (C=O) groups is 4. The summed E-state index contributed by atoms with van der Waals surface area (Å²) in [5.41, 5.74) is 11.7. The average molecular weight is 429 g/mol. The lowest BCUT2D eigenvalue weighted by molar-refractivity contribution is 0.0992.